The Hall–Kier alpha value is -5.24. The molecule has 2 aromatic carbocycles. The molecule has 0 radical (unpaired) electrons. The average Bonchev–Trinajstić information content (AvgIpc) is 3.91. The van der Waals surface area contributed by atoms with Gasteiger partial charge in [-0.15, -0.1) is 0 Å². The first-order chi connectivity index (χ1) is 28.0. The first kappa shape index (κ1) is 42.4. The number of likely N-dealkylation sites (N-methyl/N-ethyl adjacent to an activating group) is 1. The highest BCUT2D eigenvalue weighted by Gasteiger charge is 2.44. The molecule has 14 nitrogen and oxygen atoms in total. The fourth-order valence-electron chi connectivity index (χ4n) is 8.72. The van der Waals surface area contributed by atoms with Crippen molar-refractivity contribution in [3.63, 3.8) is 0 Å². The minimum atomic E-state index is -1.10. The quantitative estimate of drug-likeness (QED) is 0.195. The van der Waals surface area contributed by atoms with Crippen LogP contribution in [0.15, 0.2) is 60.8 Å². The van der Waals surface area contributed by atoms with Gasteiger partial charge in [0, 0.05) is 50.1 Å². The normalized spacial score (nSPS) is 26.0. The molecule has 7 atom stereocenters. The number of amides is 6. The van der Waals surface area contributed by atoms with Gasteiger partial charge in [0.1, 0.15) is 36.3 Å². The lowest BCUT2D eigenvalue weighted by atomic mass is 9.93. The Morgan fingerprint density at radius 2 is 1.38 bits per heavy atom. The van der Waals surface area contributed by atoms with Crippen molar-refractivity contribution in [2.75, 3.05) is 26.7 Å². The molecule has 0 spiro atoms. The van der Waals surface area contributed by atoms with Crippen molar-refractivity contribution in [3.8, 4) is 0 Å². The summed E-state index contributed by atoms with van der Waals surface area (Å²) in [5.74, 6) is -2.95. The van der Waals surface area contributed by atoms with Crippen molar-refractivity contribution >= 4 is 46.3 Å². The van der Waals surface area contributed by atoms with E-state index >= 15 is 0 Å². The predicted molar refractivity (Wildman–Crippen MR) is 221 cm³/mol. The van der Waals surface area contributed by atoms with Gasteiger partial charge in [-0.25, -0.2) is 0 Å². The summed E-state index contributed by atoms with van der Waals surface area (Å²) in [5.41, 5.74) is 8.34. The number of piperidine rings is 1. The standard InChI is InChI=1S/C44H60N8O6/c1-4-28(2)38-44(58)52-23-13-11-20-35(52)40(54)47-33(19-10-12-22-45)42(56)50(3)37(25-29-15-6-5-7-16-29)43(57)51-24-14-21-36(51)41(55)48-34(39(53)49-38)26-30-27-46-32-18-9-8-17-31(30)32/h5-9,15-18,27-28,33-38,46H,4,10-14,19-26,45H2,1-3H3,(H,47,54)(H,48,55)(H,49,53)/t28-,33-,34+,35+,36-,37+,38-/m0/s1. The molecule has 1 aromatic heterocycles. The topological polar surface area (TPSA) is 190 Å². The van der Waals surface area contributed by atoms with Gasteiger partial charge in [0.15, 0.2) is 0 Å². The zero-order valence-corrected chi connectivity index (χ0v) is 34.1. The van der Waals surface area contributed by atoms with Gasteiger partial charge in [-0.05, 0) is 81.0 Å². The van der Waals surface area contributed by atoms with Crippen molar-refractivity contribution in [2.45, 2.75) is 121 Å². The lowest BCUT2D eigenvalue weighted by Gasteiger charge is -2.40. The van der Waals surface area contributed by atoms with Gasteiger partial charge in [0.05, 0.1) is 0 Å². The third-order valence-corrected chi connectivity index (χ3v) is 12.4. The lowest BCUT2D eigenvalue weighted by molar-refractivity contribution is -0.150. The Labute approximate surface area is 341 Å². The molecule has 0 saturated carbocycles. The van der Waals surface area contributed by atoms with E-state index in [-0.39, 0.29) is 37.0 Å². The third-order valence-electron chi connectivity index (χ3n) is 12.4. The highest BCUT2D eigenvalue weighted by atomic mass is 16.2. The average molecular weight is 797 g/mol. The summed E-state index contributed by atoms with van der Waals surface area (Å²) in [5, 5.41) is 9.92. The van der Waals surface area contributed by atoms with E-state index in [1.807, 2.05) is 74.6 Å². The fraction of sp³-hybridized carbons (Fsp3) is 0.545. The number of rotatable bonds is 10. The Balaban J connectivity index is 1.42. The molecule has 312 valence electrons. The molecule has 3 fully saturated rings. The number of unbranched alkanes of at least 4 members (excludes halogenated alkanes) is 1. The second kappa shape index (κ2) is 19.5. The molecular weight excluding hydrogens is 737 g/mol. The van der Waals surface area contributed by atoms with Crippen LogP contribution in [0.25, 0.3) is 10.9 Å². The van der Waals surface area contributed by atoms with Crippen LogP contribution in [-0.2, 0) is 41.6 Å². The number of aromatic nitrogens is 1. The number of fused-ring (bicyclic) bond motifs is 3. The number of para-hydroxylation sites is 1. The number of H-pyrrole nitrogens is 1. The van der Waals surface area contributed by atoms with E-state index in [1.54, 1.807) is 11.9 Å². The van der Waals surface area contributed by atoms with Crippen molar-refractivity contribution in [2.24, 2.45) is 11.7 Å². The number of carbonyl (C=O) groups excluding carboxylic acids is 6. The van der Waals surface area contributed by atoms with Crippen LogP contribution in [0, 0.1) is 5.92 Å². The summed E-state index contributed by atoms with van der Waals surface area (Å²) in [4.78, 5) is 95.1. The molecule has 0 unspecified atom stereocenters. The predicted octanol–water partition coefficient (Wildman–Crippen LogP) is 2.80. The number of nitrogens with one attached hydrogen (secondary N) is 4. The van der Waals surface area contributed by atoms with E-state index in [9.17, 15) is 28.8 Å². The number of hydrogen-bond acceptors (Lipinski definition) is 7. The first-order valence-electron chi connectivity index (χ1n) is 21.1. The zero-order valence-electron chi connectivity index (χ0n) is 34.1. The van der Waals surface area contributed by atoms with Crippen LogP contribution in [0.5, 0.6) is 0 Å². The number of hydrogen-bond donors (Lipinski definition) is 5. The van der Waals surface area contributed by atoms with E-state index < -0.39 is 59.9 Å². The minimum absolute atomic E-state index is 0.123. The molecule has 3 aromatic rings. The number of benzene rings is 2. The maximum atomic E-state index is 14.8. The number of nitrogens with zero attached hydrogens (tertiary/aromatic N) is 3. The second-order valence-electron chi connectivity index (χ2n) is 16.2. The molecule has 14 heteroatoms. The van der Waals surface area contributed by atoms with E-state index in [1.165, 1.54) is 9.80 Å². The zero-order chi connectivity index (χ0) is 41.3. The molecule has 0 bridgehead atoms. The number of nitrogens with two attached hydrogens (primary N) is 1. The number of aromatic amines is 1. The minimum Gasteiger partial charge on any atom is -0.361 e. The van der Waals surface area contributed by atoms with E-state index in [0.717, 1.165) is 22.0 Å². The van der Waals surface area contributed by atoms with Crippen LogP contribution in [0.3, 0.4) is 0 Å². The Morgan fingerprint density at radius 3 is 2.10 bits per heavy atom. The third kappa shape index (κ3) is 9.54. The first-order valence-corrected chi connectivity index (χ1v) is 21.1. The molecule has 4 heterocycles. The number of carbonyl (C=O) groups is 6. The molecule has 6 amide bonds. The molecule has 0 aliphatic carbocycles. The van der Waals surface area contributed by atoms with Gasteiger partial charge < -0.3 is 41.4 Å². The largest absolute Gasteiger partial charge is 0.361 e. The van der Waals surface area contributed by atoms with Crippen LogP contribution in [-0.4, -0.2) is 118 Å². The summed E-state index contributed by atoms with van der Waals surface area (Å²) in [7, 11) is 1.58. The maximum Gasteiger partial charge on any atom is 0.246 e. The summed E-state index contributed by atoms with van der Waals surface area (Å²) in [6.07, 6.45) is 6.87. The van der Waals surface area contributed by atoms with Crippen LogP contribution >= 0.6 is 0 Å². The van der Waals surface area contributed by atoms with Crippen LogP contribution in [0.2, 0.25) is 0 Å². The molecule has 6 N–H and O–H groups in total. The molecule has 3 aliphatic heterocycles. The molecule has 3 aliphatic rings. The van der Waals surface area contributed by atoms with Gasteiger partial charge in [0.25, 0.3) is 0 Å². The Morgan fingerprint density at radius 1 is 0.724 bits per heavy atom. The van der Waals surface area contributed by atoms with Crippen molar-refractivity contribution in [3.05, 3.63) is 71.9 Å². The van der Waals surface area contributed by atoms with Gasteiger partial charge in [-0.2, -0.15) is 0 Å². The lowest BCUT2D eigenvalue weighted by Crippen LogP contribution is -2.63. The maximum absolute atomic E-state index is 14.8. The van der Waals surface area contributed by atoms with Gasteiger partial charge in [-0.3, -0.25) is 28.8 Å². The van der Waals surface area contributed by atoms with Crippen LogP contribution < -0.4 is 21.7 Å². The van der Waals surface area contributed by atoms with Crippen LogP contribution in [0.1, 0.15) is 82.8 Å². The molecular formula is C44H60N8O6. The highest BCUT2D eigenvalue weighted by molar-refractivity contribution is 5.99. The van der Waals surface area contributed by atoms with E-state index in [0.29, 0.717) is 71.0 Å². The smallest absolute Gasteiger partial charge is 0.246 e. The van der Waals surface area contributed by atoms with Gasteiger partial charge in [-0.1, -0.05) is 68.8 Å². The van der Waals surface area contributed by atoms with Crippen molar-refractivity contribution in [1.29, 1.82) is 0 Å². The second-order valence-corrected chi connectivity index (χ2v) is 16.2. The van der Waals surface area contributed by atoms with E-state index in [2.05, 4.69) is 20.9 Å². The summed E-state index contributed by atoms with van der Waals surface area (Å²) >= 11 is 0. The molecule has 3 saturated heterocycles. The van der Waals surface area contributed by atoms with Gasteiger partial charge in [0.2, 0.25) is 35.4 Å². The van der Waals surface area contributed by atoms with Crippen molar-refractivity contribution < 1.29 is 28.8 Å². The van der Waals surface area contributed by atoms with Crippen LogP contribution in [0.4, 0.5) is 0 Å². The van der Waals surface area contributed by atoms with Gasteiger partial charge >= 0.3 is 0 Å². The Kier molecular flexibility index (Phi) is 14.2. The highest BCUT2D eigenvalue weighted by Crippen LogP contribution is 2.26. The van der Waals surface area contributed by atoms with E-state index in [4.69, 9.17) is 5.73 Å². The molecule has 58 heavy (non-hydrogen) atoms. The molecule has 6 rings (SSSR count). The summed E-state index contributed by atoms with van der Waals surface area (Å²) in [6.45, 7) is 4.84. The fourth-order valence-corrected chi connectivity index (χ4v) is 8.72. The Bertz CT molecular complexity index is 1930. The monoisotopic (exact) mass is 796 g/mol. The SMILES string of the molecule is CC[C@H](C)[C@@H]1NC(=O)[C@@H](Cc2c[nH]c3ccccc23)NC(=O)[C@@H]2CCCN2C(=O)[C@@H](Cc2ccccc2)N(C)C(=O)[C@H](CCCCN)NC(=O)[C@H]2CCCCN2C1=O. The van der Waals surface area contributed by atoms with Crippen molar-refractivity contribution in [1.82, 2.24) is 35.6 Å². The summed E-state index contributed by atoms with van der Waals surface area (Å²) in [6, 6.07) is 11.3. The summed E-state index contributed by atoms with van der Waals surface area (Å²) < 4.78 is 0.